The Labute approximate surface area is 121 Å². The highest BCUT2D eigenvalue weighted by Gasteiger charge is 2.46. The number of aliphatic carboxylic acids is 1. The Morgan fingerprint density at radius 2 is 1.67 bits per heavy atom. The molecule has 0 bridgehead atoms. The van der Waals surface area contributed by atoms with E-state index in [-0.39, 0.29) is 6.54 Å². The zero-order chi connectivity index (χ0) is 15.0. The van der Waals surface area contributed by atoms with E-state index in [1.807, 2.05) is 0 Å². The summed E-state index contributed by atoms with van der Waals surface area (Å²) in [5.74, 6) is -1.81. The van der Waals surface area contributed by atoms with E-state index in [2.05, 4.69) is 0 Å². The Morgan fingerprint density at radius 1 is 1.14 bits per heavy atom. The molecule has 1 fully saturated rings. The van der Waals surface area contributed by atoms with Gasteiger partial charge in [-0.1, -0.05) is 12.1 Å². The van der Waals surface area contributed by atoms with Crippen molar-refractivity contribution in [3.05, 3.63) is 35.4 Å². The maximum absolute atomic E-state index is 12.3. The highest BCUT2D eigenvalue weighted by molar-refractivity contribution is 6.21. The maximum atomic E-state index is 12.3. The van der Waals surface area contributed by atoms with Gasteiger partial charge in [-0.05, 0) is 25.0 Å². The highest BCUT2D eigenvalue weighted by atomic mass is 16.5. The minimum atomic E-state index is -1.11. The number of hydrogen-bond acceptors (Lipinski definition) is 4. The van der Waals surface area contributed by atoms with E-state index in [9.17, 15) is 19.5 Å². The van der Waals surface area contributed by atoms with Crippen LogP contribution in [0.15, 0.2) is 24.3 Å². The van der Waals surface area contributed by atoms with Gasteiger partial charge in [0.2, 0.25) is 0 Å². The van der Waals surface area contributed by atoms with Gasteiger partial charge in [0.15, 0.2) is 0 Å². The lowest BCUT2D eigenvalue weighted by atomic mass is 9.79. The normalized spacial score (nSPS) is 20.5. The topological polar surface area (TPSA) is 83.9 Å². The zero-order valence-corrected chi connectivity index (χ0v) is 11.4. The molecule has 2 amide bonds. The van der Waals surface area contributed by atoms with Crippen molar-refractivity contribution in [1.29, 1.82) is 0 Å². The summed E-state index contributed by atoms with van der Waals surface area (Å²) in [6.07, 6.45) is 0.603. The van der Waals surface area contributed by atoms with E-state index < -0.39 is 23.2 Å². The number of rotatable bonds is 3. The molecule has 0 atom stereocenters. The third-order valence-electron chi connectivity index (χ3n) is 4.24. The van der Waals surface area contributed by atoms with Crippen LogP contribution in [0, 0.1) is 5.41 Å². The van der Waals surface area contributed by atoms with Crippen LogP contribution in [0.2, 0.25) is 0 Å². The Kier molecular flexibility index (Phi) is 3.25. The Hall–Kier alpha value is -2.21. The maximum Gasteiger partial charge on any atom is 0.311 e. The molecule has 0 aromatic heterocycles. The second kappa shape index (κ2) is 4.96. The molecular weight excluding hydrogens is 274 g/mol. The fraction of sp³-hybridized carbons (Fsp3) is 0.400. The van der Waals surface area contributed by atoms with Crippen molar-refractivity contribution < 1.29 is 24.2 Å². The molecule has 0 unspecified atom stereocenters. The average molecular weight is 289 g/mol. The first kappa shape index (κ1) is 13.8. The van der Waals surface area contributed by atoms with Crippen LogP contribution in [-0.4, -0.2) is 47.5 Å². The zero-order valence-electron chi connectivity index (χ0n) is 11.4. The van der Waals surface area contributed by atoms with Crippen LogP contribution in [-0.2, 0) is 9.53 Å². The van der Waals surface area contributed by atoms with Gasteiger partial charge in [-0.2, -0.15) is 0 Å². The summed E-state index contributed by atoms with van der Waals surface area (Å²) in [6, 6.07) is 6.56. The van der Waals surface area contributed by atoms with Crippen LogP contribution < -0.4 is 0 Å². The SMILES string of the molecule is O=C1c2ccccc2C(=O)N1CC1(C(=O)O)CCOCC1. The number of ether oxygens (including phenoxy) is 1. The van der Waals surface area contributed by atoms with Gasteiger partial charge in [-0.25, -0.2) is 0 Å². The Bertz CT molecular complexity index is 583. The summed E-state index contributed by atoms with van der Waals surface area (Å²) in [5.41, 5.74) is -0.420. The molecule has 110 valence electrons. The summed E-state index contributed by atoms with van der Waals surface area (Å²) in [5, 5.41) is 9.53. The lowest BCUT2D eigenvalue weighted by Crippen LogP contribution is -2.48. The molecule has 1 saturated heterocycles. The van der Waals surface area contributed by atoms with Crippen molar-refractivity contribution in [2.75, 3.05) is 19.8 Å². The molecule has 21 heavy (non-hydrogen) atoms. The molecule has 0 saturated carbocycles. The third-order valence-corrected chi connectivity index (χ3v) is 4.24. The smallest absolute Gasteiger partial charge is 0.311 e. The van der Waals surface area contributed by atoms with Crippen molar-refractivity contribution in [2.45, 2.75) is 12.8 Å². The highest BCUT2D eigenvalue weighted by Crippen LogP contribution is 2.34. The van der Waals surface area contributed by atoms with E-state index in [1.165, 1.54) is 0 Å². The van der Waals surface area contributed by atoms with Crippen molar-refractivity contribution in [3.63, 3.8) is 0 Å². The predicted octanol–water partition coefficient (Wildman–Crippen LogP) is 1.16. The summed E-state index contributed by atoms with van der Waals surface area (Å²) in [7, 11) is 0. The first-order chi connectivity index (χ1) is 10.1. The lowest BCUT2D eigenvalue weighted by Gasteiger charge is -2.35. The van der Waals surface area contributed by atoms with E-state index in [0.29, 0.717) is 37.2 Å². The predicted molar refractivity (Wildman–Crippen MR) is 71.9 cm³/mol. The van der Waals surface area contributed by atoms with Crippen LogP contribution in [0.1, 0.15) is 33.6 Å². The van der Waals surface area contributed by atoms with E-state index in [0.717, 1.165) is 4.90 Å². The van der Waals surface area contributed by atoms with Crippen molar-refractivity contribution >= 4 is 17.8 Å². The molecule has 1 aromatic rings. The third kappa shape index (κ3) is 2.12. The van der Waals surface area contributed by atoms with Gasteiger partial charge < -0.3 is 9.84 Å². The first-order valence-corrected chi connectivity index (χ1v) is 6.81. The number of hydrogen-bond donors (Lipinski definition) is 1. The number of benzene rings is 1. The monoisotopic (exact) mass is 289 g/mol. The summed E-state index contributed by atoms with van der Waals surface area (Å²) >= 11 is 0. The number of amides is 2. The number of imide groups is 1. The number of carboxylic acids is 1. The molecule has 0 spiro atoms. The quantitative estimate of drug-likeness (QED) is 0.844. The van der Waals surface area contributed by atoms with Crippen LogP contribution in [0.3, 0.4) is 0 Å². The van der Waals surface area contributed by atoms with Gasteiger partial charge in [-0.15, -0.1) is 0 Å². The van der Waals surface area contributed by atoms with Crippen molar-refractivity contribution in [1.82, 2.24) is 4.90 Å². The molecule has 2 aliphatic rings. The largest absolute Gasteiger partial charge is 0.481 e. The van der Waals surface area contributed by atoms with E-state index >= 15 is 0 Å². The fourth-order valence-electron chi connectivity index (χ4n) is 2.89. The number of fused-ring (bicyclic) bond motifs is 1. The Morgan fingerprint density at radius 3 is 2.14 bits per heavy atom. The molecule has 1 aromatic carbocycles. The van der Waals surface area contributed by atoms with E-state index in [1.54, 1.807) is 24.3 Å². The van der Waals surface area contributed by atoms with Crippen LogP contribution in [0.4, 0.5) is 0 Å². The number of nitrogens with zero attached hydrogens (tertiary/aromatic N) is 1. The molecule has 3 rings (SSSR count). The Balaban J connectivity index is 1.90. The average Bonchev–Trinajstić information content (AvgIpc) is 2.74. The van der Waals surface area contributed by atoms with Gasteiger partial charge in [0, 0.05) is 19.8 Å². The summed E-state index contributed by atoms with van der Waals surface area (Å²) in [6.45, 7) is 0.559. The fourth-order valence-corrected chi connectivity index (χ4v) is 2.89. The molecule has 6 heteroatoms. The molecule has 1 N–H and O–H groups in total. The first-order valence-electron chi connectivity index (χ1n) is 6.81. The molecule has 2 aliphatic heterocycles. The van der Waals surface area contributed by atoms with Crippen LogP contribution >= 0.6 is 0 Å². The number of carbonyl (C=O) groups excluding carboxylic acids is 2. The van der Waals surface area contributed by atoms with Crippen molar-refractivity contribution in [3.8, 4) is 0 Å². The minimum Gasteiger partial charge on any atom is -0.481 e. The van der Waals surface area contributed by atoms with Gasteiger partial charge >= 0.3 is 5.97 Å². The summed E-state index contributed by atoms with van der Waals surface area (Å²) < 4.78 is 5.20. The number of carboxylic acid groups (broad SMARTS) is 1. The van der Waals surface area contributed by atoms with Crippen LogP contribution in [0.25, 0.3) is 0 Å². The van der Waals surface area contributed by atoms with Crippen molar-refractivity contribution in [2.24, 2.45) is 5.41 Å². The minimum absolute atomic E-state index is 0.0992. The second-order valence-corrected chi connectivity index (χ2v) is 5.44. The van der Waals surface area contributed by atoms with Gasteiger partial charge in [0.1, 0.15) is 0 Å². The molecule has 2 heterocycles. The van der Waals surface area contributed by atoms with Crippen LogP contribution in [0.5, 0.6) is 0 Å². The standard InChI is InChI=1S/C15H15NO5/c17-12-10-3-1-2-4-11(10)13(18)16(12)9-15(14(19)20)5-7-21-8-6-15/h1-4H,5-9H2,(H,19,20). The number of carbonyl (C=O) groups is 3. The van der Waals surface area contributed by atoms with Gasteiger partial charge in [-0.3, -0.25) is 19.3 Å². The van der Waals surface area contributed by atoms with E-state index in [4.69, 9.17) is 4.74 Å². The molecule has 0 aliphatic carbocycles. The second-order valence-electron chi connectivity index (χ2n) is 5.44. The lowest BCUT2D eigenvalue weighted by molar-refractivity contribution is -0.155. The molecular formula is C15H15NO5. The summed E-state index contributed by atoms with van der Waals surface area (Å²) in [4.78, 5) is 37.4. The molecule has 6 nitrogen and oxygen atoms in total. The van der Waals surface area contributed by atoms with Gasteiger partial charge in [0.25, 0.3) is 11.8 Å². The van der Waals surface area contributed by atoms with Gasteiger partial charge in [0.05, 0.1) is 16.5 Å². The molecule has 0 radical (unpaired) electrons.